The van der Waals surface area contributed by atoms with Crippen LogP contribution in [0.5, 0.6) is 5.75 Å². The van der Waals surface area contributed by atoms with Crippen molar-refractivity contribution in [2.24, 2.45) is 5.92 Å². The summed E-state index contributed by atoms with van der Waals surface area (Å²) < 4.78 is 7.30. The number of aryl methyl sites for hydroxylation is 1. The molecule has 102 valence electrons. The van der Waals surface area contributed by atoms with E-state index in [9.17, 15) is 0 Å². The maximum Gasteiger partial charge on any atom is 0.207 e. The predicted octanol–water partition coefficient (Wildman–Crippen LogP) is 3.26. The van der Waals surface area contributed by atoms with Gasteiger partial charge in [-0.05, 0) is 36.6 Å². The summed E-state index contributed by atoms with van der Waals surface area (Å²) in [5, 5.41) is 3.37. The van der Waals surface area contributed by atoms with Crippen molar-refractivity contribution < 1.29 is 4.74 Å². The minimum Gasteiger partial charge on any atom is -0.497 e. The molecule has 0 fully saturated rings. The summed E-state index contributed by atoms with van der Waals surface area (Å²) >= 11 is 0. The Bertz CT molecular complexity index is 546. The molecule has 0 aliphatic rings. The molecular formula is C15H21N3O. The van der Waals surface area contributed by atoms with Crippen molar-refractivity contribution in [1.29, 1.82) is 0 Å². The minimum atomic E-state index is 0.585. The van der Waals surface area contributed by atoms with Crippen molar-refractivity contribution in [3.05, 3.63) is 36.2 Å². The zero-order valence-electron chi connectivity index (χ0n) is 12.0. The first-order valence-corrected chi connectivity index (χ1v) is 6.54. The predicted molar refractivity (Wildman–Crippen MR) is 78.2 cm³/mol. The molecule has 0 spiro atoms. The molecule has 2 rings (SSSR count). The number of imidazole rings is 1. The Kier molecular flexibility index (Phi) is 4.10. The Morgan fingerprint density at radius 2 is 2.16 bits per heavy atom. The van der Waals surface area contributed by atoms with E-state index in [1.807, 2.05) is 24.5 Å². The van der Waals surface area contributed by atoms with Crippen LogP contribution in [0.1, 0.15) is 19.4 Å². The molecule has 0 atom stereocenters. The molecular weight excluding hydrogens is 238 g/mol. The van der Waals surface area contributed by atoms with Gasteiger partial charge in [0, 0.05) is 18.9 Å². The van der Waals surface area contributed by atoms with Crippen molar-refractivity contribution in [2.75, 3.05) is 19.0 Å². The van der Waals surface area contributed by atoms with E-state index < -0.39 is 0 Å². The van der Waals surface area contributed by atoms with Gasteiger partial charge in [0.15, 0.2) is 0 Å². The van der Waals surface area contributed by atoms with E-state index in [-0.39, 0.29) is 0 Å². The second-order valence-corrected chi connectivity index (χ2v) is 5.05. The van der Waals surface area contributed by atoms with Gasteiger partial charge in [0.1, 0.15) is 5.75 Å². The number of rotatable bonds is 5. The fraction of sp³-hybridized carbons (Fsp3) is 0.400. The number of benzene rings is 1. The van der Waals surface area contributed by atoms with Gasteiger partial charge in [0.25, 0.3) is 0 Å². The minimum absolute atomic E-state index is 0.585. The standard InChI is InChI=1S/C15H21N3O/c1-11(2)10-17-15-16-7-8-18(15)14-6-5-13(19-4)9-12(14)3/h5-9,11H,10H2,1-4H3,(H,16,17). The Labute approximate surface area is 114 Å². The zero-order valence-corrected chi connectivity index (χ0v) is 12.0. The van der Waals surface area contributed by atoms with Crippen molar-refractivity contribution in [3.8, 4) is 11.4 Å². The van der Waals surface area contributed by atoms with Gasteiger partial charge in [-0.15, -0.1) is 0 Å². The van der Waals surface area contributed by atoms with Crippen LogP contribution in [-0.2, 0) is 0 Å². The van der Waals surface area contributed by atoms with E-state index in [4.69, 9.17) is 4.74 Å². The van der Waals surface area contributed by atoms with Crippen LogP contribution in [0.4, 0.5) is 5.95 Å². The van der Waals surface area contributed by atoms with Crippen LogP contribution in [0.3, 0.4) is 0 Å². The van der Waals surface area contributed by atoms with E-state index in [1.54, 1.807) is 7.11 Å². The third-order valence-electron chi connectivity index (χ3n) is 2.97. The Morgan fingerprint density at radius 1 is 1.37 bits per heavy atom. The summed E-state index contributed by atoms with van der Waals surface area (Å²) in [4.78, 5) is 4.37. The molecule has 1 aromatic carbocycles. The van der Waals surface area contributed by atoms with E-state index >= 15 is 0 Å². The van der Waals surface area contributed by atoms with Crippen molar-refractivity contribution >= 4 is 5.95 Å². The summed E-state index contributed by atoms with van der Waals surface area (Å²) in [6.45, 7) is 7.34. The average Bonchev–Trinajstić information content (AvgIpc) is 2.84. The molecule has 0 aliphatic carbocycles. The Hall–Kier alpha value is -1.97. The average molecular weight is 259 g/mol. The first-order valence-electron chi connectivity index (χ1n) is 6.54. The molecule has 1 aromatic heterocycles. The van der Waals surface area contributed by atoms with E-state index in [0.717, 1.165) is 29.5 Å². The number of ether oxygens (including phenoxy) is 1. The van der Waals surface area contributed by atoms with Gasteiger partial charge in [0.2, 0.25) is 5.95 Å². The highest BCUT2D eigenvalue weighted by Gasteiger charge is 2.08. The molecule has 1 heterocycles. The van der Waals surface area contributed by atoms with Crippen LogP contribution in [0.15, 0.2) is 30.6 Å². The van der Waals surface area contributed by atoms with E-state index in [1.165, 1.54) is 0 Å². The molecule has 0 aliphatic heterocycles. The fourth-order valence-electron chi connectivity index (χ4n) is 1.95. The van der Waals surface area contributed by atoms with Gasteiger partial charge < -0.3 is 10.1 Å². The number of aromatic nitrogens is 2. The topological polar surface area (TPSA) is 39.1 Å². The third-order valence-corrected chi connectivity index (χ3v) is 2.97. The number of methoxy groups -OCH3 is 1. The molecule has 0 unspecified atom stereocenters. The molecule has 0 amide bonds. The molecule has 4 heteroatoms. The largest absolute Gasteiger partial charge is 0.497 e. The molecule has 0 bridgehead atoms. The van der Waals surface area contributed by atoms with Gasteiger partial charge in [-0.3, -0.25) is 4.57 Å². The number of hydrogen-bond donors (Lipinski definition) is 1. The number of anilines is 1. The highest BCUT2D eigenvalue weighted by molar-refractivity contribution is 5.49. The summed E-state index contributed by atoms with van der Waals surface area (Å²) in [6, 6.07) is 6.05. The fourth-order valence-corrected chi connectivity index (χ4v) is 1.95. The quantitative estimate of drug-likeness (QED) is 0.895. The van der Waals surface area contributed by atoms with Gasteiger partial charge >= 0.3 is 0 Å². The summed E-state index contributed by atoms with van der Waals surface area (Å²) in [5.41, 5.74) is 2.27. The van der Waals surface area contributed by atoms with Crippen LogP contribution in [-0.4, -0.2) is 23.2 Å². The molecule has 19 heavy (non-hydrogen) atoms. The van der Waals surface area contributed by atoms with Crippen LogP contribution >= 0.6 is 0 Å². The lowest BCUT2D eigenvalue weighted by molar-refractivity contribution is 0.414. The molecule has 0 radical (unpaired) electrons. The van der Waals surface area contributed by atoms with E-state index in [2.05, 4.69) is 41.7 Å². The van der Waals surface area contributed by atoms with Gasteiger partial charge in [-0.1, -0.05) is 13.8 Å². The molecule has 0 saturated heterocycles. The number of hydrogen-bond acceptors (Lipinski definition) is 3. The van der Waals surface area contributed by atoms with Crippen molar-refractivity contribution in [2.45, 2.75) is 20.8 Å². The number of nitrogens with zero attached hydrogens (tertiary/aromatic N) is 2. The van der Waals surface area contributed by atoms with Gasteiger partial charge in [0.05, 0.1) is 12.8 Å². The summed E-state index contributed by atoms with van der Waals surface area (Å²) in [7, 11) is 1.68. The lowest BCUT2D eigenvalue weighted by Crippen LogP contribution is -2.12. The first-order chi connectivity index (χ1) is 9.11. The third kappa shape index (κ3) is 3.08. The maximum absolute atomic E-state index is 5.24. The van der Waals surface area contributed by atoms with Crippen LogP contribution < -0.4 is 10.1 Å². The molecule has 4 nitrogen and oxygen atoms in total. The van der Waals surface area contributed by atoms with Crippen LogP contribution in [0, 0.1) is 12.8 Å². The molecule has 0 saturated carbocycles. The second kappa shape index (κ2) is 5.78. The normalized spacial score (nSPS) is 10.8. The molecule has 1 N–H and O–H groups in total. The lowest BCUT2D eigenvalue weighted by Gasteiger charge is -2.14. The monoisotopic (exact) mass is 259 g/mol. The van der Waals surface area contributed by atoms with Crippen LogP contribution in [0.25, 0.3) is 5.69 Å². The summed E-state index contributed by atoms with van der Waals surface area (Å²) in [6.07, 6.45) is 3.78. The SMILES string of the molecule is COc1ccc(-n2ccnc2NCC(C)C)c(C)c1. The Morgan fingerprint density at radius 3 is 2.79 bits per heavy atom. The van der Waals surface area contributed by atoms with Crippen LogP contribution in [0.2, 0.25) is 0 Å². The van der Waals surface area contributed by atoms with E-state index in [0.29, 0.717) is 5.92 Å². The zero-order chi connectivity index (χ0) is 13.8. The maximum atomic E-state index is 5.24. The van der Waals surface area contributed by atoms with Crippen molar-refractivity contribution in [3.63, 3.8) is 0 Å². The summed E-state index contributed by atoms with van der Waals surface area (Å²) in [5.74, 6) is 2.34. The van der Waals surface area contributed by atoms with Crippen molar-refractivity contribution in [1.82, 2.24) is 9.55 Å². The van der Waals surface area contributed by atoms with Gasteiger partial charge in [-0.2, -0.15) is 0 Å². The highest BCUT2D eigenvalue weighted by Crippen LogP contribution is 2.22. The Balaban J connectivity index is 2.29. The highest BCUT2D eigenvalue weighted by atomic mass is 16.5. The lowest BCUT2D eigenvalue weighted by atomic mass is 10.2. The van der Waals surface area contributed by atoms with Gasteiger partial charge in [-0.25, -0.2) is 4.98 Å². The number of nitrogens with one attached hydrogen (secondary N) is 1. The molecule has 2 aromatic rings. The smallest absolute Gasteiger partial charge is 0.207 e. The second-order valence-electron chi connectivity index (χ2n) is 5.05. The first kappa shape index (κ1) is 13.5.